The summed E-state index contributed by atoms with van der Waals surface area (Å²) in [7, 11) is 1.50. The van der Waals surface area contributed by atoms with E-state index in [4.69, 9.17) is 16.3 Å². The second-order valence-electron chi connectivity index (χ2n) is 5.00. The molecule has 1 N–H and O–H groups in total. The van der Waals surface area contributed by atoms with E-state index < -0.39 is 0 Å². The fourth-order valence-corrected chi connectivity index (χ4v) is 2.32. The first-order valence-corrected chi connectivity index (χ1v) is 7.37. The molecular formula is C14H19ClN4O3. The zero-order chi connectivity index (χ0) is 15.9. The van der Waals surface area contributed by atoms with Gasteiger partial charge < -0.3 is 15.0 Å². The highest BCUT2D eigenvalue weighted by Gasteiger charge is 2.22. The third kappa shape index (κ3) is 4.94. The van der Waals surface area contributed by atoms with E-state index in [1.807, 2.05) is 4.90 Å². The molecular weight excluding hydrogens is 308 g/mol. The van der Waals surface area contributed by atoms with Gasteiger partial charge in [-0.3, -0.25) is 14.5 Å². The highest BCUT2D eigenvalue weighted by atomic mass is 35.5. The van der Waals surface area contributed by atoms with E-state index >= 15 is 0 Å². The number of carbonyl (C=O) groups is 2. The fraction of sp³-hybridized carbons (Fsp3) is 0.500. The predicted octanol–water partition coefficient (Wildman–Crippen LogP) is 0.464. The number of pyridine rings is 1. The van der Waals surface area contributed by atoms with E-state index in [-0.39, 0.29) is 25.0 Å². The molecule has 0 radical (unpaired) electrons. The summed E-state index contributed by atoms with van der Waals surface area (Å²) in [6.07, 6.45) is 1.48. The van der Waals surface area contributed by atoms with Crippen molar-refractivity contribution in [1.29, 1.82) is 0 Å². The Kier molecular flexibility index (Phi) is 6.11. The molecule has 0 bridgehead atoms. The van der Waals surface area contributed by atoms with Crippen molar-refractivity contribution in [2.45, 2.75) is 0 Å². The van der Waals surface area contributed by atoms with E-state index in [1.165, 1.54) is 13.3 Å². The summed E-state index contributed by atoms with van der Waals surface area (Å²) in [6.45, 7) is 2.91. The zero-order valence-corrected chi connectivity index (χ0v) is 13.2. The number of anilines is 1. The molecule has 0 unspecified atom stereocenters. The molecule has 1 aliphatic rings. The van der Waals surface area contributed by atoms with Crippen molar-refractivity contribution in [3.8, 4) is 0 Å². The summed E-state index contributed by atoms with van der Waals surface area (Å²) in [5, 5.41) is 3.24. The second kappa shape index (κ2) is 8.07. The number of carbonyl (C=O) groups excluding carboxylic acids is 2. The molecule has 7 nitrogen and oxygen atoms in total. The fourth-order valence-electron chi connectivity index (χ4n) is 2.21. The Morgan fingerprint density at radius 3 is 2.64 bits per heavy atom. The molecule has 120 valence electrons. The number of nitrogens with one attached hydrogen (secondary N) is 1. The monoisotopic (exact) mass is 326 g/mol. The van der Waals surface area contributed by atoms with Crippen molar-refractivity contribution < 1.29 is 14.3 Å². The van der Waals surface area contributed by atoms with Crippen LogP contribution in [0.3, 0.4) is 0 Å². The van der Waals surface area contributed by atoms with Gasteiger partial charge in [0.15, 0.2) is 0 Å². The van der Waals surface area contributed by atoms with Crippen molar-refractivity contribution >= 4 is 29.2 Å². The predicted molar refractivity (Wildman–Crippen MR) is 82.8 cm³/mol. The maximum Gasteiger partial charge on any atom is 0.248 e. The van der Waals surface area contributed by atoms with Gasteiger partial charge in [0.25, 0.3) is 0 Å². The van der Waals surface area contributed by atoms with Crippen molar-refractivity contribution in [2.24, 2.45) is 0 Å². The van der Waals surface area contributed by atoms with E-state index in [0.29, 0.717) is 37.0 Å². The number of halogens is 1. The van der Waals surface area contributed by atoms with Crippen LogP contribution in [0, 0.1) is 0 Å². The van der Waals surface area contributed by atoms with Gasteiger partial charge in [0.1, 0.15) is 12.4 Å². The number of methoxy groups -OCH3 is 1. The Bertz CT molecular complexity index is 515. The van der Waals surface area contributed by atoms with Crippen LogP contribution < -0.4 is 5.32 Å². The lowest BCUT2D eigenvalue weighted by Crippen LogP contribution is -2.51. The Labute approximate surface area is 134 Å². The lowest BCUT2D eigenvalue weighted by Gasteiger charge is -2.34. The number of hydrogen-bond acceptors (Lipinski definition) is 5. The van der Waals surface area contributed by atoms with Gasteiger partial charge in [-0.25, -0.2) is 4.98 Å². The summed E-state index contributed by atoms with van der Waals surface area (Å²) in [6, 6.07) is 3.33. The van der Waals surface area contributed by atoms with Crippen molar-refractivity contribution in [3.63, 3.8) is 0 Å². The average molecular weight is 327 g/mol. The second-order valence-corrected chi connectivity index (χ2v) is 5.44. The molecule has 2 heterocycles. The summed E-state index contributed by atoms with van der Waals surface area (Å²) in [5.74, 6) is 0.326. The number of piperazine rings is 1. The van der Waals surface area contributed by atoms with Gasteiger partial charge in [0.2, 0.25) is 11.8 Å². The minimum atomic E-state index is -0.133. The number of nitrogens with zero attached hydrogens (tertiary/aromatic N) is 3. The van der Waals surface area contributed by atoms with Gasteiger partial charge >= 0.3 is 0 Å². The largest absolute Gasteiger partial charge is 0.375 e. The maximum absolute atomic E-state index is 12.0. The normalized spacial score (nSPS) is 15.6. The van der Waals surface area contributed by atoms with Gasteiger partial charge in [0, 0.05) is 39.5 Å². The molecule has 1 aromatic heterocycles. The lowest BCUT2D eigenvalue weighted by molar-refractivity contribution is -0.137. The summed E-state index contributed by atoms with van der Waals surface area (Å²) < 4.78 is 4.84. The highest BCUT2D eigenvalue weighted by Crippen LogP contribution is 2.09. The Morgan fingerprint density at radius 1 is 1.32 bits per heavy atom. The van der Waals surface area contributed by atoms with Crippen LogP contribution in [0.15, 0.2) is 18.3 Å². The molecule has 1 fully saturated rings. The lowest BCUT2D eigenvalue weighted by atomic mass is 10.3. The Hall–Kier alpha value is -1.70. The number of amides is 2. The van der Waals surface area contributed by atoms with E-state index in [0.717, 1.165) is 0 Å². The molecule has 2 rings (SSSR count). The van der Waals surface area contributed by atoms with Crippen LogP contribution in [0.4, 0.5) is 5.82 Å². The first-order chi connectivity index (χ1) is 10.6. The minimum absolute atomic E-state index is 0.0167. The van der Waals surface area contributed by atoms with Crippen LogP contribution in [0.25, 0.3) is 0 Å². The SMILES string of the molecule is COCC(=O)N1CCN(CC(=O)Nc2ccc(Cl)cn2)CC1. The van der Waals surface area contributed by atoms with Crippen LogP contribution in [-0.2, 0) is 14.3 Å². The summed E-state index contributed by atoms with van der Waals surface area (Å²) in [4.78, 5) is 31.4. The van der Waals surface area contributed by atoms with Gasteiger partial charge in [-0.1, -0.05) is 11.6 Å². The number of hydrogen-bond donors (Lipinski definition) is 1. The Balaban J connectivity index is 1.74. The van der Waals surface area contributed by atoms with Gasteiger partial charge in [-0.15, -0.1) is 0 Å². The van der Waals surface area contributed by atoms with E-state index in [1.54, 1.807) is 17.0 Å². The quantitative estimate of drug-likeness (QED) is 0.851. The van der Waals surface area contributed by atoms with Gasteiger partial charge in [0.05, 0.1) is 11.6 Å². The molecule has 8 heteroatoms. The molecule has 0 saturated carbocycles. The molecule has 0 aromatic carbocycles. The van der Waals surface area contributed by atoms with Crippen molar-refractivity contribution in [1.82, 2.24) is 14.8 Å². The van der Waals surface area contributed by atoms with Crippen LogP contribution in [0.2, 0.25) is 5.02 Å². The first kappa shape index (κ1) is 16.7. The van der Waals surface area contributed by atoms with Crippen LogP contribution in [0.1, 0.15) is 0 Å². The van der Waals surface area contributed by atoms with E-state index in [9.17, 15) is 9.59 Å². The third-order valence-electron chi connectivity index (χ3n) is 3.35. The topological polar surface area (TPSA) is 74.8 Å². The number of rotatable bonds is 5. The van der Waals surface area contributed by atoms with E-state index in [2.05, 4.69) is 10.3 Å². The Morgan fingerprint density at radius 2 is 2.05 bits per heavy atom. The summed E-state index contributed by atoms with van der Waals surface area (Å²) in [5.41, 5.74) is 0. The molecule has 1 aromatic rings. The smallest absolute Gasteiger partial charge is 0.248 e. The van der Waals surface area contributed by atoms with Gasteiger partial charge in [-0.2, -0.15) is 0 Å². The first-order valence-electron chi connectivity index (χ1n) is 6.99. The number of aromatic nitrogens is 1. The number of ether oxygens (including phenoxy) is 1. The molecule has 1 saturated heterocycles. The highest BCUT2D eigenvalue weighted by molar-refractivity contribution is 6.30. The third-order valence-corrected chi connectivity index (χ3v) is 3.58. The molecule has 0 atom stereocenters. The van der Waals surface area contributed by atoms with Crippen molar-refractivity contribution in [3.05, 3.63) is 23.4 Å². The molecule has 2 amide bonds. The minimum Gasteiger partial charge on any atom is -0.375 e. The molecule has 1 aliphatic heterocycles. The molecule has 22 heavy (non-hydrogen) atoms. The van der Waals surface area contributed by atoms with Crippen molar-refractivity contribution in [2.75, 3.05) is 51.8 Å². The zero-order valence-electron chi connectivity index (χ0n) is 12.4. The molecule has 0 aliphatic carbocycles. The maximum atomic E-state index is 12.0. The van der Waals surface area contributed by atoms with Gasteiger partial charge in [-0.05, 0) is 12.1 Å². The van der Waals surface area contributed by atoms with Crippen LogP contribution in [-0.4, -0.2) is 73.0 Å². The standard InChI is InChI=1S/C14H19ClN4O3/c1-22-10-14(21)19-6-4-18(5-7-19)9-13(20)17-12-3-2-11(15)8-16-12/h2-3,8H,4-7,9-10H2,1H3,(H,16,17,20). The molecule has 0 spiro atoms. The van der Waals surface area contributed by atoms with Crippen LogP contribution in [0.5, 0.6) is 0 Å². The van der Waals surface area contributed by atoms with Crippen LogP contribution >= 0.6 is 11.6 Å². The summed E-state index contributed by atoms with van der Waals surface area (Å²) >= 11 is 5.74. The average Bonchev–Trinajstić information content (AvgIpc) is 2.50.